The minimum absolute atomic E-state index is 0.173. The highest BCUT2D eigenvalue weighted by Gasteiger charge is 2.12. The fourth-order valence-electron chi connectivity index (χ4n) is 1.18. The first-order valence-electron chi connectivity index (χ1n) is 5.27. The molecule has 1 rings (SSSR count). The van der Waals surface area contributed by atoms with Crippen LogP contribution in [0.5, 0.6) is 0 Å². The summed E-state index contributed by atoms with van der Waals surface area (Å²) in [5.74, 6) is -2.20. The van der Waals surface area contributed by atoms with Crippen LogP contribution < -0.4 is 16.6 Å². The second-order valence-corrected chi connectivity index (χ2v) is 4.14. The van der Waals surface area contributed by atoms with Crippen molar-refractivity contribution in [1.82, 2.24) is 10.9 Å². The van der Waals surface area contributed by atoms with Gasteiger partial charge in [0, 0.05) is 11.6 Å². The fraction of sp³-hybridized carbons (Fsp3) is 0.0833. The van der Waals surface area contributed by atoms with E-state index in [0.717, 1.165) is 11.6 Å². The van der Waals surface area contributed by atoms with Crippen LogP contribution >= 0.6 is 12.2 Å². The van der Waals surface area contributed by atoms with Gasteiger partial charge in [-0.1, -0.05) is 29.8 Å². The van der Waals surface area contributed by atoms with E-state index < -0.39 is 11.7 Å². The smallest absolute Gasteiger partial charge is 0.310 e. The van der Waals surface area contributed by atoms with Crippen LogP contribution in [0.3, 0.4) is 0 Å². The number of amides is 1. The lowest BCUT2D eigenvalue weighted by Gasteiger charge is -2.04. The summed E-state index contributed by atoms with van der Waals surface area (Å²) in [6.45, 7) is 1.89. The molecule has 0 aliphatic rings. The van der Waals surface area contributed by atoms with Gasteiger partial charge >= 0.3 is 5.91 Å². The predicted octanol–water partition coefficient (Wildman–Crippen LogP) is 0.327. The Morgan fingerprint density at radius 1 is 1.26 bits per heavy atom. The zero-order valence-electron chi connectivity index (χ0n) is 10.1. The van der Waals surface area contributed by atoms with Crippen molar-refractivity contribution >= 4 is 34.8 Å². The van der Waals surface area contributed by atoms with Crippen molar-refractivity contribution in [1.29, 1.82) is 0 Å². The summed E-state index contributed by atoms with van der Waals surface area (Å²) in [6, 6.07) is 6.83. The van der Waals surface area contributed by atoms with Gasteiger partial charge in [0.2, 0.25) is 5.78 Å². The number of nitrogens with one attached hydrogen (secondary N) is 2. The van der Waals surface area contributed by atoms with Crippen molar-refractivity contribution in [3.8, 4) is 0 Å². The van der Waals surface area contributed by atoms with Crippen molar-refractivity contribution in [2.24, 2.45) is 5.73 Å². The monoisotopic (exact) mass is 279 g/mol. The molecule has 0 bridgehead atoms. The average molecular weight is 279 g/mol. The topological polar surface area (TPSA) is 104 Å². The van der Waals surface area contributed by atoms with Crippen LogP contribution in [0, 0.1) is 6.92 Å². The minimum atomic E-state index is -0.980. The van der Waals surface area contributed by atoms with Crippen LogP contribution in [0.2, 0.25) is 0 Å². The number of carbonyl (C=O) groups excluding carboxylic acids is 2. The first-order valence-corrected chi connectivity index (χ1v) is 5.68. The largest absolute Gasteiger partial charge is 0.507 e. The van der Waals surface area contributed by atoms with Gasteiger partial charge in [-0.2, -0.15) is 0 Å². The Labute approximate surface area is 115 Å². The number of aryl methyl sites for hydroxylation is 1. The lowest BCUT2D eigenvalue weighted by molar-refractivity contribution is -0.135. The highest BCUT2D eigenvalue weighted by molar-refractivity contribution is 7.80. The fourth-order valence-corrected chi connectivity index (χ4v) is 1.23. The molecule has 0 aliphatic heterocycles. The SMILES string of the molecule is Cc1ccc(C(O)=CC(=O)C(=O)NNC(N)=S)cc1. The number of hydrogen-bond donors (Lipinski definition) is 4. The molecule has 6 nitrogen and oxygen atoms in total. The molecule has 0 spiro atoms. The Bertz CT molecular complexity index is 538. The Morgan fingerprint density at radius 3 is 2.37 bits per heavy atom. The zero-order valence-corrected chi connectivity index (χ0v) is 11.0. The summed E-state index contributed by atoms with van der Waals surface area (Å²) in [7, 11) is 0. The van der Waals surface area contributed by atoms with Crippen molar-refractivity contribution in [2.75, 3.05) is 0 Å². The lowest BCUT2D eigenvalue weighted by Crippen LogP contribution is -2.46. The molecule has 0 unspecified atom stereocenters. The third-order valence-electron chi connectivity index (χ3n) is 2.14. The van der Waals surface area contributed by atoms with E-state index >= 15 is 0 Å². The number of carbonyl (C=O) groups is 2. The van der Waals surface area contributed by atoms with Gasteiger partial charge in [0.15, 0.2) is 5.11 Å². The van der Waals surface area contributed by atoms with E-state index in [1.54, 1.807) is 24.3 Å². The molecule has 0 aliphatic carbocycles. The lowest BCUT2D eigenvalue weighted by atomic mass is 10.1. The first-order chi connectivity index (χ1) is 8.90. The summed E-state index contributed by atoms with van der Waals surface area (Å²) < 4.78 is 0. The highest BCUT2D eigenvalue weighted by atomic mass is 32.1. The molecule has 0 fully saturated rings. The molecule has 0 aromatic heterocycles. The number of rotatable bonds is 3. The summed E-state index contributed by atoms with van der Waals surface area (Å²) in [5.41, 5.74) is 10.6. The van der Waals surface area contributed by atoms with Gasteiger partial charge in [-0.25, -0.2) is 0 Å². The molecule has 1 aromatic carbocycles. The van der Waals surface area contributed by atoms with Gasteiger partial charge in [0.05, 0.1) is 0 Å². The predicted molar refractivity (Wildman–Crippen MR) is 74.9 cm³/mol. The van der Waals surface area contributed by atoms with Gasteiger partial charge in [-0.3, -0.25) is 20.4 Å². The highest BCUT2D eigenvalue weighted by Crippen LogP contribution is 2.11. The van der Waals surface area contributed by atoms with Gasteiger partial charge in [-0.05, 0) is 19.1 Å². The number of benzene rings is 1. The van der Waals surface area contributed by atoms with Crippen LogP contribution in [0.1, 0.15) is 11.1 Å². The number of hydrogen-bond acceptors (Lipinski definition) is 4. The van der Waals surface area contributed by atoms with Crippen LogP contribution in [0.25, 0.3) is 5.76 Å². The number of aliphatic hydroxyl groups excluding tert-OH is 1. The maximum atomic E-state index is 11.4. The Balaban J connectivity index is 2.72. The van der Waals surface area contributed by atoms with E-state index in [1.807, 2.05) is 12.3 Å². The molecule has 1 aromatic rings. The van der Waals surface area contributed by atoms with E-state index in [4.69, 9.17) is 5.73 Å². The molecule has 5 N–H and O–H groups in total. The molecule has 7 heteroatoms. The molecule has 0 atom stereocenters. The average Bonchev–Trinajstić information content (AvgIpc) is 2.36. The van der Waals surface area contributed by atoms with Crippen LogP contribution in [0.4, 0.5) is 0 Å². The van der Waals surface area contributed by atoms with Gasteiger partial charge in [0.1, 0.15) is 5.76 Å². The third kappa shape index (κ3) is 4.76. The summed E-state index contributed by atoms with van der Waals surface area (Å²) in [5, 5.41) is 9.52. The molecule has 0 saturated heterocycles. The number of ketones is 1. The van der Waals surface area contributed by atoms with E-state index in [2.05, 4.69) is 17.6 Å². The Kier molecular flexibility index (Phi) is 5.01. The Morgan fingerprint density at radius 2 is 1.84 bits per heavy atom. The summed E-state index contributed by atoms with van der Waals surface area (Å²) in [6.07, 6.45) is 0.821. The van der Waals surface area contributed by atoms with E-state index in [-0.39, 0.29) is 10.9 Å². The minimum Gasteiger partial charge on any atom is -0.507 e. The molecule has 0 saturated carbocycles. The van der Waals surface area contributed by atoms with Crippen LogP contribution in [0.15, 0.2) is 30.3 Å². The molecular formula is C12H13N3O3S. The van der Waals surface area contributed by atoms with Crippen molar-refractivity contribution in [2.45, 2.75) is 6.92 Å². The van der Waals surface area contributed by atoms with Crippen molar-refractivity contribution in [3.63, 3.8) is 0 Å². The Hall–Kier alpha value is -2.41. The van der Waals surface area contributed by atoms with Gasteiger partial charge < -0.3 is 10.8 Å². The molecule has 19 heavy (non-hydrogen) atoms. The van der Waals surface area contributed by atoms with E-state index in [0.29, 0.717) is 5.56 Å². The summed E-state index contributed by atoms with van der Waals surface area (Å²) in [4.78, 5) is 22.7. The number of aliphatic hydroxyl groups is 1. The van der Waals surface area contributed by atoms with Crippen molar-refractivity contribution in [3.05, 3.63) is 41.5 Å². The molecule has 0 heterocycles. The van der Waals surface area contributed by atoms with Crippen LogP contribution in [-0.4, -0.2) is 21.9 Å². The normalized spacial score (nSPS) is 10.7. The molecular weight excluding hydrogens is 266 g/mol. The zero-order chi connectivity index (χ0) is 14.4. The number of hydrazine groups is 1. The van der Waals surface area contributed by atoms with Gasteiger partial charge in [0.25, 0.3) is 0 Å². The number of nitrogens with two attached hydrogens (primary N) is 1. The van der Waals surface area contributed by atoms with Gasteiger partial charge in [-0.15, -0.1) is 0 Å². The van der Waals surface area contributed by atoms with E-state index in [1.165, 1.54) is 0 Å². The molecule has 100 valence electrons. The third-order valence-corrected chi connectivity index (χ3v) is 2.24. The second-order valence-electron chi connectivity index (χ2n) is 3.70. The molecule has 0 radical (unpaired) electrons. The number of thiocarbonyl (C=S) groups is 1. The maximum absolute atomic E-state index is 11.4. The standard InChI is InChI=1S/C12H13N3O3S/c1-7-2-4-8(5-3-7)9(16)6-10(17)11(18)14-15-12(13)19/h2-6,16H,1H3,(H,14,18)(H3,13,15,19). The summed E-state index contributed by atoms with van der Waals surface area (Å²) >= 11 is 4.45. The van der Waals surface area contributed by atoms with E-state index in [9.17, 15) is 14.7 Å². The van der Waals surface area contributed by atoms with Crippen molar-refractivity contribution < 1.29 is 14.7 Å². The molecule has 1 amide bonds. The maximum Gasteiger partial charge on any atom is 0.310 e. The second kappa shape index (κ2) is 6.50. The quantitative estimate of drug-likeness (QED) is 0.209. The first kappa shape index (κ1) is 14.7. The van der Waals surface area contributed by atoms with Crippen LogP contribution in [-0.2, 0) is 9.59 Å².